The summed E-state index contributed by atoms with van der Waals surface area (Å²) in [7, 11) is 3.09. The number of aromatic nitrogens is 3. The standard InChI is InChI=1S/C30H34N4O3/c1-4-34-20-22(17-32-34)19-33(14-13-24-18-31-28-16-25(36-2)8-10-26(24)28)29-11-7-23-15-21(5-9-27(23)29)6-12-30(35)37-3/h5-6,8-10,12,15-18,20,29,31H,4,7,11,13-14,19H2,1-3H3. The van der Waals surface area contributed by atoms with Crippen LogP contribution in [0.15, 0.2) is 61.1 Å². The molecule has 0 saturated heterocycles. The first-order valence-corrected chi connectivity index (χ1v) is 12.9. The Labute approximate surface area is 217 Å². The summed E-state index contributed by atoms with van der Waals surface area (Å²) >= 11 is 0. The molecule has 0 radical (unpaired) electrons. The third kappa shape index (κ3) is 5.47. The van der Waals surface area contributed by atoms with E-state index >= 15 is 0 Å². The van der Waals surface area contributed by atoms with Crippen molar-refractivity contribution in [3.63, 3.8) is 0 Å². The lowest BCUT2D eigenvalue weighted by Gasteiger charge is -2.29. The van der Waals surface area contributed by atoms with Crippen molar-refractivity contribution in [2.45, 2.75) is 45.3 Å². The van der Waals surface area contributed by atoms with Crippen molar-refractivity contribution < 1.29 is 14.3 Å². The number of hydrogen-bond donors (Lipinski definition) is 1. The molecule has 1 aliphatic carbocycles. The van der Waals surface area contributed by atoms with Crippen molar-refractivity contribution in [1.82, 2.24) is 19.7 Å². The lowest BCUT2D eigenvalue weighted by molar-refractivity contribution is -0.134. The minimum atomic E-state index is -0.340. The van der Waals surface area contributed by atoms with Gasteiger partial charge in [0.05, 0.1) is 20.4 Å². The van der Waals surface area contributed by atoms with Gasteiger partial charge < -0.3 is 14.5 Å². The van der Waals surface area contributed by atoms with Crippen LogP contribution in [0.4, 0.5) is 0 Å². The Morgan fingerprint density at radius 1 is 1.24 bits per heavy atom. The van der Waals surface area contributed by atoms with Gasteiger partial charge in [0, 0.05) is 66.7 Å². The molecule has 2 aromatic heterocycles. The fraction of sp³-hybridized carbons (Fsp3) is 0.333. The molecule has 0 bridgehead atoms. The summed E-state index contributed by atoms with van der Waals surface area (Å²) in [6.45, 7) is 4.77. The summed E-state index contributed by atoms with van der Waals surface area (Å²) in [6, 6.07) is 13.1. The van der Waals surface area contributed by atoms with Crippen molar-refractivity contribution in [2.24, 2.45) is 0 Å². The van der Waals surface area contributed by atoms with E-state index in [1.165, 1.54) is 40.8 Å². The lowest BCUT2D eigenvalue weighted by Crippen LogP contribution is -2.29. The van der Waals surface area contributed by atoms with E-state index in [9.17, 15) is 4.79 Å². The van der Waals surface area contributed by atoms with E-state index < -0.39 is 0 Å². The predicted octanol–water partition coefficient (Wildman–Crippen LogP) is 5.31. The smallest absolute Gasteiger partial charge is 0.330 e. The zero-order chi connectivity index (χ0) is 25.8. The number of nitrogens with one attached hydrogen (secondary N) is 1. The average Bonchev–Trinajstić information content (AvgIpc) is 3.67. The van der Waals surface area contributed by atoms with Crippen LogP contribution in [0.2, 0.25) is 0 Å². The zero-order valence-electron chi connectivity index (χ0n) is 21.7. The van der Waals surface area contributed by atoms with Crippen LogP contribution in [-0.2, 0) is 35.5 Å². The Kier molecular flexibility index (Phi) is 7.42. The number of hydrogen-bond acceptors (Lipinski definition) is 5. The number of ether oxygens (including phenoxy) is 2. The summed E-state index contributed by atoms with van der Waals surface area (Å²) in [6.07, 6.45) is 12.6. The van der Waals surface area contributed by atoms with Crippen LogP contribution in [0, 0.1) is 0 Å². The quantitative estimate of drug-likeness (QED) is 0.237. The number of nitrogens with zero attached hydrogens (tertiary/aromatic N) is 3. The maximum absolute atomic E-state index is 11.5. The molecule has 1 atom stereocenters. The summed E-state index contributed by atoms with van der Waals surface area (Å²) in [5, 5.41) is 5.75. The molecule has 5 rings (SSSR count). The molecule has 0 saturated carbocycles. The monoisotopic (exact) mass is 498 g/mol. The largest absolute Gasteiger partial charge is 0.497 e. The molecule has 0 fully saturated rings. The summed E-state index contributed by atoms with van der Waals surface area (Å²) < 4.78 is 12.1. The molecule has 1 N–H and O–H groups in total. The predicted molar refractivity (Wildman–Crippen MR) is 145 cm³/mol. The Bertz CT molecular complexity index is 1420. The number of benzene rings is 2. The normalized spacial score (nSPS) is 15.1. The Balaban J connectivity index is 1.38. The van der Waals surface area contributed by atoms with Gasteiger partial charge in [-0.25, -0.2) is 4.79 Å². The van der Waals surface area contributed by atoms with E-state index in [0.717, 1.165) is 55.7 Å². The van der Waals surface area contributed by atoms with Gasteiger partial charge in [0.15, 0.2) is 0 Å². The van der Waals surface area contributed by atoms with Gasteiger partial charge in [-0.15, -0.1) is 0 Å². The molecular weight excluding hydrogens is 464 g/mol. The molecule has 0 amide bonds. The third-order valence-electron chi connectivity index (χ3n) is 7.31. The number of H-pyrrole nitrogens is 1. The third-order valence-corrected chi connectivity index (χ3v) is 7.31. The molecule has 0 spiro atoms. The fourth-order valence-corrected chi connectivity index (χ4v) is 5.33. The molecule has 7 nitrogen and oxygen atoms in total. The van der Waals surface area contributed by atoms with E-state index in [1.807, 2.05) is 23.0 Å². The zero-order valence-corrected chi connectivity index (χ0v) is 21.7. The SMILES string of the molecule is CCn1cc(CN(CCc2c[nH]c3cc(OC)ccc23)C2CCc3cc(C=CC(=O)OC)ccc32)cn1. The van der Waals surface area contributed by atoms with E-state index in [-0.39, 0.29) is 5.97 Å². The van der Waals surface area contributed by atoms with Crippen molar-refractivity contribution in [3.05, 3.63) is 88.9 Å². The highest BCUT2D eigenvalue weighted by Crippen LogP contribution is 2.37. The molecule has 2 heterocycles. The minimum absolute atomic E-state index is 0.337. The van der Waals surface area contributed by atoms with Gasteiger partial charge >= 0.3 is 5.97 Å². The molecular formula is C30H34N4O3. The molecule has 1 unspecified atom stereocenters. The number of methoxy groups -OCH3 is 2. The molecule has 192 valence electrons. The number of carbonyl (C=O) groups is 1. The van der Waals surface area contributed by atoms with Crippen molar-refractivity contribution in [3.8, 4) is 5.75 Å². The maximum Gasteiger partial charge on any atom is 0.330 e. The summed E-state index contributed by atoms with van der Waals surface area (Å²) in [4.78, 5) is 17.5. The van der Waals surface area contributed by atoms with Crippen molar-refractivity contribution in [1.29, 1.82) is 0 Å². The Hall–Kier alpha value is -3.84. The topological polar surface area (TPSA) is 72.4 Å². The average molecular weight is 499 g/mol. The van der Waals surface area contributed by atoms with Crippen molar-refractivity contribution in [2.75, 3.05) is 20.8 Å². The molecule has 4 aromatic rings. The van der Waals surface area contributed by atoms with Crippen LogP contribution in [0.5, 0.6) is 5.75 Å². The Morgan fingerprint density at radius 3 is 2.92 bits per heavy atom. The highest BCUT2D eigenvalue weighted by Gasteiger charge is 2.28. The number of aryl methyl sites for hydroxylation is 2. The number of carbonyl (C=O) groups excluding carboxylic acids is 1. The van der Waals surface area contributed by atoms with Crippen molar-refractivity contribution >= 4 is 22.9 Å². The van der Waals surface area contributed by atoms with Crippen LogP contribution in [0.3, 0.4) is 0 Å². The van der Waals surface area contributed by atoms with Gasteiger partial charge in [-0.05, 0) is 66.6 Å². The first kappa shape index (κ1) is 24.8. The molecule has 37 heavy (non-hydrogen) atoms. The van der Waals surface area contributed by atoms with Gasteiger partial charge in [-0.1, -0.05) is 18.2 Å². The molecule has 2 aromatic carbocycles. The van der Waals surface area contributed by atoms with Gasteiger partial charge in [0.25, 0.3) is 0 Å². The second kappa shape index (κ2) is 11.0. The van der Waals surface area contributed by atoms with Crippen LogP contribution in [0.25, 0.3) is 17.0 Å². The number of fused-ring (bicyclic) bond motifs is 2. The van der Waals surface area contributed by atoms with Gasteiger partial charge in [0.2, 0.25) is 0 Å². The minimum Gasteiger partial charge on any atom is -0.497 e. The second-order valence-corrected chi connectivity index (χ2v) is 9.52. The van der Waals surface area contributed by atoms with E-state index in [1.54, 1.807) is 7.11 Å². The van der Waals surface area contributed by atoms with E-state index in [2.05, 4.69) is 64.6 Å². The Morgan fingerprint density at radius 2 is 2.14 bits per heavy atom. The maximum atomic E-state index is 11.5. The number of rotatable bonds is 10. The van der Waals surface area contributed by atoms with Crippen LogP contribution in [0.1, 0.15) is 47.2 Å². The van der Waals surface area contributed by atoms with Crippen LogP contribution >= 0.6 is 0 Å². The fourth-order valence-electron chi connectivity index (χ4n) is 5.33. The number of esters is 1. The number of aromatic amines is 1. The van der Waals surface area contributed by atoms with Gasteiger partial charge in [-0.2, -0.15) is 5.10 Å². The van der Waals surface area contributed by atoms with E-state index in [0.29, 0.717) is 6.04 Å². The highest BCUT2D eigenvalue weighted by molar-refractivity contribution is 5.87. The highest BCUT2D eigenvalue weighted by atomic mass is 16.5. The van der Waals surface area contributed by atoms with E-state index in [4.69, 9.17) is 9.47 Å². The first-order valence-electron chi connectivity index (χ1n) is 12.9. The first-order chi connectivity index (χ1) is 18.1. The molecule has 1 aliphatic rings. The van der Waals surface area contributed by atoms with Crippen LogP contribution < -0.4 is 4.74 Å². The van der Waals surface area contributed by atoms with Gasteiger partial charge in [0.1, 0.15) is 5.75 Å². The lowest BCUT2D eigenvalue weighted by atomic mass is 10.0. The summed E-state index contributed by atoms with van der Waals surface area (Å²) in [5.74, 6) is 0.520. The molecule has 0 aliphatic heterocycles. The second-order valence-electron chi connectivity index (χ2n) is 9.52. The van der Waals surface area contributed by atoms with Crippen LogP contribution in [-0.4, -0.2) is 46.4 Å². The van der Waals surface area contributed by atoms with Gasteiger partial charge in [-0.3, -0.25) is 9.58 Å². The molecule has 7 heteroatoms. The summed E-state index contributed by atoms with van der Waals surface area (Å²) in [5.41, 5.74) is 7.40.